The summed E-state index contributed by atoms with van der Waals surface area (Å²) >= 11 is 0. The Hall–Kier alpha value is -1.40. The monoisotopic (exact) mass is 321 g/mol. The van der Waals surface area contributed by atoms with Crippen molar-refractivity contribution in [2.45, 2.75) is 45.6 Å². The van der Waals surface area contributed by atoms with Crippen LogP contribution in [0.5, 0.6) is 0 Å². The van der Waals surface area contributed by atoms with Gasteiger partial charge in [0.1, 0.15) is 11.3 Å². The van der Waals surface area contributed by atoms with E-state index >= 15 is 0 Å². The minimum Gasteiger partial charge on any atom is -0.392 e. The Morgan fingerprint density at radius 3 is 2.74 bits per heavy atom. The maximum Gasteiger partial charge on any atom is 0.259 e. The van der Waals surface area contributed by atoms with Gasteiger partial charge in [-0.3, -0.25) is 4.79 Å². The Morgan fingerprint density at radius 2 is 2.13 bits per heavy atom. The lowest BCUT2D eigenvalue weighted by molar-refractivity contribution is -0.0287. The van der Waals surface area contributed by atoms with Gasteiger partial charge in [0, 0.05) is 26.2 Å². The van der Waals surface area contributed by atoms with Crippen LogP contribution in [-0.2, 0) is 6.42 Å². The number of nitrogens with zero attached hydrogens (tertiary/aromatic N) is 3. The molecule has 1 aromatic heterocycles. The van der Waals surface area contributed by atoms with Gasteiger partial charge in [0.25, 0.3) is 5.91 Å². The van der Waals surface area contributed by atoms with Crippen LogP contribution in [0.15, 0.2) is 4.52 Å². The zero-order valence-corrected chi connectivity index (χ0v) is 14.3. The molecule has 6 heteroatoms. The van der Waals surface area contributed by atoms with Crippen LogP contribution in [0.25, 0.3) is 0 Å². The molecule has 2 aliphatic heterocycles. The Bertz CT molecular complexity index is 564. The van der Waals surface area contributed by atoms with E-state index in [2.05, 4.69) is 17.1 Å². The van der Waals surface area contributed by atoms with Gasteiger partial charge < -0.3 is 19.4 Å². The predicted molar refractivity (Wildman–Crippen MR) is 86.3 cm³/mol. The molecule has 0 bridgehead atoms. The number of likely N-dealkylation sites (tertiary alicyclic amines) is 2. The molecule has 0 radical (unpaired) electrons. The van der Waals surface area contributed by atoms with E-state index in [0.717, 1.165) is 51.1 Å². The third kappa shape index (κ3) is 3.15. The van der Waals surface area contributed by atoms with Crippen molar-refractivity contribution >= 4 is 5.91 Å². The van der Waals surface area contributed by atoms with Gasteiger partial charge in [0.05, 0.1) is 11.8 Å². The van der Waals surface area contributed by atoms with E-state index < -0.39 is 0 Å². The molecule has 1 aromatic rings. The summed E-state index contributed by atoms with van der Waals surface area (Å²) in [7, 11) is 2.07. The van der Waals surface area contributed by atoms with E-state index in [1.165, 1.54) is 0 Å². The first-order chi connectivity index (χ1) is 10.9. The third-order valence-electron chi connectivity index (χ3n) is 5.39. The zero-order valence-electron chi connectivity index (χ0n) is 14.3. The average molecular weight is 321 g/mol. The summed E-state index contributed by atoms with van der Waals surface area (Å²) in [6.07, 6.45) is 3.21. The molecule has 1 unspecified atom stereocenters. The number of rotatable bonds is 2. The van der Waals surface area contributed by atoms with Gasteiger partial charge in [-0.1, -0.05) is 12.1 Å². The van der Waals surface area contributed by atoms with Crippen molar-refractivity contribution in [3.05, 3.63) is 17.0 Å². The first-order valence-electron chi connectivity index (χ1n) is 8.55. The van der Waals surface area contributed by atoms with Gasteiger partial charge in [-0.15, -0.1) is 0 Å². The van der Waals surface area contributed by atoms with E-state index in [4.69, 9.17) is 4.52 Å². The van der Waals surface area contributed by atoms with Crippen molar-refractivity contribution in [3.8, 4) is 0 Å². The van der Waals surface area contributed by atoms with Gasteiger partial charge in [-0.25, -0.2) is 0 Å². The van der Waals surface area contributed by atoms with E-state index in [0.29, 0.717) is 17.7 Å². The lowest BCUT2D eigenvalue weighted by atomic mass is 9.71. The van der Waals surface area contributed by atoms with E-state index in [1.54, 1.807) is 6.92 Å². The Labute approximate surface area is 137 Å². The number of β-amino-alcohol motifs (C(OH)–C–C–N with tert-alkyl or cyclic N) is 1. The second-order valence-corrected chi connectivity index (χ2v) is 7.26. The Balaban J connectivity index is 1.69. The molecule has 3 heterocycles. The highest BCUT2D eigenvalue weighted by Crippen LogP contribution is 2.40. The number of carbonyl (C=O) groups is 1. The number of aromatic nitrogens is 1. The Morgan fingerprint density at radius 1 is 1.43 bits per heavy atom. The smallest absolute Gasteiger partial charge is 0.259 e. The number of amides is 1. The highest BCUT2D eigenvalue weighted by Gasteiger charge is 2.41. The molecular weight excluding hydrogens is 294 g/mol. The van der Waals surface area contributed by atoms with E-state index in [1.807, 2.05) is 11.8 Å². The molecule has 6 nitrogen and oxygen atoms in total. The molecule has 1 N–H and O–H groups in total. The highest BCUT2D eigenvalue weighted by molar-refractivity contribution is 5.96. The molecule has 1 atom stereocenters. The topological polar surface area (TPSA) is 69.8 Å². The maximum atomic E-state index is 12.8. The minimum absolute atomic E-state index is 0.0418. The summed E-state index contributed by atoms with van der Waals surface area (Å²) < 4.78 is 5.20. The van der Waals surface area contributed by atoms with Crippen molar-refractivity contribution in [2.24, 2.45) is 5.41 Å². The summed E-state index contributed by atoms with van der Waals surface area (Å²) in [6.45, 7) is 7.04. The summed E-state index contributed by atoms with van der Waals surface area (Å²) in [6, 6.07) is 0. The molecule has 0 aliphatic carbocycles. The third-order valence-corrected chi connectivity index (χ3v) is 5.39. The number of aryl methyl sites for hydroxylation is 2. The lowest BCUT2D eigenvalue weighted by Crippen LogP contribution is -2.53. The molecule has 2 fully saturated rings. The summed E-state index contributed by atoms with van der Waals surface area (Å²) in [4.78, 5) is 17.0. The second kappa shape index (κ2) is 6.24. The predicted octanol–water partition coefficient (Wildman–Crippen LogP) is 1.46. The average Bonchev–Trinajstić information content (AvgIpc) is 2.87. The molecule has 3 rings (SSSR count). The first kappa shape index (κ1) is 16.5. The van der Waals surface area contributed by atoms with Gasteiger partial charge >= 0.3 is 0 Å². The van der Waals surface area contributed by atoms with Crippen LogP contribution in [-0.4, -0.2) is 65.3 Å². The van der Waals surface area contributed by atoms with Crippen LogP contribution < -0.4 is 0 Å². The number of hydrogen-bond acceptors (Lipinski definition) is 5. The number of likely N-dealkylation sites (N-methyl/N-ethyl adjacent to an activating group) is 1. The van der Waals surface area contributed by atoms with Crippen LogP contribution in [0, 0.1) is 12.3 Å². The second-order valence-electron chi connectivity index (χ2n) is 7.26. The fourth-order valence-corrected chi connectivity index (χ4v) is 4.26. The van der Waals surface area contributed by atoms with Crippen molar-refractivity contribution < 1.29 is 14.4 Å². The number of aliphatic hydroxyl groups excluding tert-OH is 1. The van der Waals surface area contributed by atoms with E-state index in [9.17, 15) is 9.90 Å². The summed E-state index contributed by atoms with van der Waals surface area (Å²) in [5.41, 5.74) is 1.55. The quantitative estimate of drug-likeness (QED) is 0.893. The maximum absolute atomic E-state index is 12.8. The SMILES string of the molecule is CCc1noc(C)c1C(=O)N1CCC2(CC1)CC(O)CN(C)C2. The molecule has 2 aliphatic rings. The Kier molecular flexibility index (Phi) is 4.47. The van der Waals surface area contributed by atoms with E-state index in [-0.39, 0.29) is 17.4 Å². The van der Waals surface area contributed by atoms with Crippen LogP contribution in [0.2, 0.25) is 0 Å². The minimum atomic E-state index is -0.247. The van der Waals surface area contributed by atoms with Crippen molar-refractivity contribution in [3.63, 3.8) is 0 Å². The van der Waals surface area contributed by atoms with Gasteiger partial charge in [0.2, 0.25) is 0 Å². The molecule has 2 saturated heterocycles. The van der Waals surface area contributed by atoms with Gasteiger partial charge in [-0.05, 0) is 45.1 Å². The molecular formula is C17H27N3O3. The van der Waals surface area contributed by atoms with Crippen LogP contribution in [0.4, 0.5) is 0 Å². The first-order valence-corrected chi connectivity index (χ1v) is 8.55. The number of aliphatic hydroxyl groups is 1. The molecule has 23 heavy (non-hydrogen) atoms. The van der Waals surface area contributed by atoms with Crippen LogP contribution in [0.1, 0.15) is 48.0 Å². The molecule has 128 valence electrons. The molecule has 1 amide bonds. The van der Waals surface area contributed by atoms with Gasteiger partial charge in [0.15, 0.2) is 0 Å². The van der Waals surface area contributed by atoms with Crippen LogP contribution >= 0.6 is 0 Å². The standard InChI is InChI=1S/C17H27N3O3/c1-4-14-15(12(2)23-18-14)16(22)20-7-5-17(6-8-20)9-13(21)10-19(3)11-17/h13,21H,4-11H2,1-3H3. The lowest BCUT2D eigenvalue weighted by Gasteiger charge is -2.48. The molecule has 0 saturated carbocycles. The van der Waals surface area contributed by atoms with Crippen molar-refractivity contribution in [1.82, 2.24) is 15.0 Å². The molecule has 0 aromatic carbocycles. The van der Waals surface area contributed by atoms with Crippen molar-refractivity contribution in [1.29, 1.82) is 0 Å². The molecule has 1 spiro atoms. The van der Waals surface area contributed by atoms with Crippen LogP contribution in [0.3, 0.4) is 0 Å². The van der Waals surface area contributed by atoms with Gasteiger partial charge in [-0.2, -0.15) is 0 Å². The largest absolute Gasteiger partial charge is 0.392 e. The van der Waals surface area contributed by atoms with Crippen molar-refractivity contribution in [2.75, 3.05) is 33.2 Å². The fraction of sp³-hybridized carbons (Fsp3) is 0.765. The summed E-state index contributed by atoms with van der Waals surface area (Å²) in [5, 5.41) is 14.1. The summed E-state index contributed by atoms with van der Waals surface area (Å²) in [5.74, 6) is 0.653. The number of carbonyl (C=O) groups excluding carboxylic acids is 1. The number of hydrogen-bond donors (Lipinski definition) is 1. The highest BCUT2D eigenvalue weighted by atomic mass is 16.5. The normalized spacial score (nSPS) is 25.0. The number of piperidine rings is 2. The fourth-order valence-electron chi connectivity index (χ4n) is 4.26. The zero-order chi connectivity index (χ0) is 16.6.